The van der Waals surface area contributed by atoms with E-state index in [4.69, 9.17) is 4.74 Å². The Morgan fingerprint density at radius 3 is 2.48 bits per heavy atom. The van der Waals surface area contributed by atoms with Crippen molar-refractivity contribution in [1.29, 1.82) is 0 Å². The molecule has 8 heteroatoms. The van der Waals surface area contributed by atoms with Crippen molar-refractivity contribution in [3.8, 4) is 5.75 Å². The fourth-order valence-corrected chi connectivity index (χ4v) is 3.40. The molecule has 1 fully saturated rings. The zero-order chi connectivity index (χ0) is 20.4. The number of hydrogen-bond donors (Lipinski definition) is 2. The molecule has 2 aliphatic heterocycles. The van der Waals surface area contributed by atoms with E-state index in [0.29, 0.717) is 43.3 Å². The number of piperazine rings is 1. The van der Waals surface area contributed by atoms with Gasteiger partial charge in [0.2, 0.25) is 0 Å². The van der Waals surface area contributed by atoms with E-state index in [1.165, 1.54) is 5.56 Å². The number of aryl methyl sites for hydroxylation is 1. The summed E-state index contributed by atoms with van der Waals surface area (Å²) in [5.74, 6) is -1.01. The first-order valence-corrected chi connectivity index (χ1v) is 9.48. The second kappa shape index (κ2) is 7.83. The summed E-state index contributed by atoms with van der Waals surface area (Å²) in [6.07, 6.45) is 0. The second-order valence-corrected chi connectivity index (χ2v) is 7.12. The highest BCUT2D eigenvalue weighted by Crippen LogP contribution is 2.30. The van der Waals surface area contributed by atoms with E-state index in [9.17, 15) is 14.4 Å². The lowest BCUT2D eigenvalue weighted by molar-refractivity contribution is -0.143. The maximum atomic E-state index is 12.5. The van der Waals surface area contributed by atoms with E-state index in [1.807, 2.05) is 6.92 Å². The molecular formula is C21H22N4O4. The number of ether oxygens (including phenoxy) is 1. The van der Waals surface area contributed by atoms with Crippen LogP contribution in [0, 0.1) is 6.92 Å². The van der Waals surface area contributed by atoms with Crippen LogP contribution in [0.15, 0.2) is 42.5 Å². The molecule has 1 saturated heterocycles. The zero-order valence-electron chi connectivity index (χ0n) is 16.1. The zero-order valence-corrected chi connectivity index (χ0v) is 16.1. The quantitative estimate of drug-likeness (QED) is 0.756. The number of carbonyl (C=O) groups excluding carboxylic acids is 3. The molecule has 0 aromatic heterocycles. The number of anilines is 3. The van der Waals surface area contributed by atoms with Crippen molar-refractivity contribution in [1.82, 2.24) is 4.90 Å². The molecule has 150 valence electrons. The molecule has 2 aromatic rings. The normalized spacial score (nSPS) is 15.8. The van der Waals surface area contributed by atoms with Gasteiger partial charge in [0.05, 0.1) is 5.69 Å². The number of hydrogen-bond acceptors (Lipinski definition) is 5. The van der Waals surface area contributed by atoms with Gasteiger partial charge >= 0.3 is 11.8 Å². The van der Waals surface area contributed by atoms with Crippen LogP contribution in [0.2, 0.25) is 0 Å². The number of carbonyl (C=O) groups is 3. The molecule has 0 aliphatic carbocycles. The lowest BCUT2D eigenvalue weighted by Gasteiger charge is -2.35. The van der Waals surface area contributed by atoms with Crippen LogP contribution < -0.4 is 20.3 Å². The predicted molar refractivity (Wildman–Crippen MR) is 109 cm³/mol. The van der Waals surface area contributed by atoms with Crippen molar-refractivity contribution < 1.29 is 19.1 Å². The predicted octanol–water partition coefficient (Wildman–Crippen LogP) is 1.61. The molecule has 3 amide bonds. The smallest absolute Gasteiger partial charge is 0.313 e. The van der Waals surface area contributed by atoms with Crippen LogP contribution in [0.4, 0.5) is 17.1 Å². The van der Waals surface area contributed by atoms with Crippen molar-refractivity contribution in [2.45, 2.75) is 6.92 Å². The Morgan fingerprint density at radius 1 is 1.03 bits per heavy atom. The van der Waals surface area contributed by atoms with Crippen LogP contribution in [0.25, 0.3) is 0 Å². The number of rotatable bonds is 2. The van der Waals surface area contributed by atoms with Crippen LogP contribution in [0.5, 0.6) is 5.75 Å². The van der Waals surface area contributed by atoms with E-state index in [-0.39, 0.29) is 12.5 Å². The van der Waals surface area contributed by atoms with Crippen LogP contribution in [0.3, 0.4) is 0 Å². The Bertz CT molecular complexity index is 950. The maximum Gasteiger partial charge on any atom is 0.313 e. The van der Waals surface area contributed by atoms with Gasteiger partial charge in [-0.15, -0.1) is 0 Å². The Kier molecular flexibility index (Phi) is 5.07. The van der Waals surface area contributed by atoms with Gasteiger partial charge in [0.1, 0.15) is 5.75 Å². The van der Waals surface area contributed by atoms with Crippen molar-refractivity contribution in [2.75, 3.05) is 48.3 Å². The molecule has 0 atom stereocenters. The van der Waals surface area contributed by atoms with Crippen molar-refractivity contribution in [3.63, 3.8) is 0 Å². The van der Waals surface area contributed by atoms with Gasteiger partial charge in [-0.3, -0.25) is 14.4 Å². The summed E-state index contributed by atoms with van der Waals surface area (Å²) in [6, 6.07) is 13.1. The summed E-state index contributed by atoms with van der Waals surface area (Å²) >= 11 is 0. The number of fused-ring (bicyclic) bond motifs is 1. The van der Waals surface area contributed by atoms with Crippen LogP contribution in [-0.4, -0.2) is 55.4 Å². The minimum atomic E-state index is -0.686. The summed E-state index contributed by atoms with van der Waals surface area (Å²) in [5.41, 5.74) is 3.30. The second-order valence-electron chi connectivity index (χ2n) is 7.12. The monoisotopic (exact) mass is 394 g/mol. The van der Waals surface area contributed by atoms with E-state index < -0.39 is 11.8 Å². The highest BCUT2D eigenvalue weighted by molar-refractivity contribution is 6.39. The summed E-state index contributed by atoms with van der Waals surface area (Å²) < 4.78 is 5.33. The van der Waals surface area contributed by atoms with Gasteiger partial charge in [-0.1, -0.05) is 17.7 Å². The Morgan fingerprint density at radius 2 is 1.76 bits per heavy atom. The molecule has 0 spiro atoms. The molecule has 2 heterocycles. The standard InChI is InChI=1S/C21H22N4O4/c1-14-2-5-16(6-3-14)24-8-10-25(11-9-24)21(28)20(27)22-15-4-7-17-18(12-15)29-13-19(26)23-17/h2-7,12H,8-11,13H2,1H3,(H,22,27)(H,23,26). The molecule has 2 aromatic carbocycles. The van der Waals surface area contributed by atoms with Crippen LogP contribution in [-0.2, 0) is 14.4 Å². The summed E-state index contributed by atoms with van der Waals surface area (Å²) in [7, 11) is 0. The molecule has 2 aliphatic rings. The van der Waals surface area contributed by atoms with Gasteiger partial charge in [-0.25, -0.2) is 0 Å². The van der Waals surface area contributed by atoms with E-state index in [2.05, 4.69) is 39.8 Å². The molecule has 0 saturated carbocycles. The third kappa shape index (κ3) is 4.16. The first-order valence-electron chi connectivity index (χ1n) is 9.48. The fraction of sp³-hybridized carbons (Fsp3) is 0.286. The minimum absolute atomic E-state index is 0.0748. The Labute approximate surface area is 168 Å². The third-order valence-electron chi connectivity index (χ3n) is 5.03. The van der Waals surface area contributed by atoms with E-state index >= 15 is 0 Å². The number of nitrogens with zero attached hydrogens (tertiary/aromatic N) is 2. The van der Waals surface area contributed by atoms with Gasteiger partial charge in [0.25, 0.3) is 5.91 Å². The van der Waals surface area contributed by atoms with E-state index in [0.717, 1.165) is 5.69 Å². The van der Waals surface area contributed by atoms with Gasteiger partial charge in [-0.05, 0) is 31.2 Å². The first-order chi connectivity index (χ1) is 14.0. The lowest BCUT2D eigenvalue weighted by atomic mass is 10.2. The fourth-order valence-electron chi connectivity index (χ4n) is 3.40. The Balaban J connectivity index is 1.33. The molecule has 0 bridgehead atoms. The maximum absolute atomic E-state index is 12.5. The van der Waals surface area contributed by atoms with Crippen molar-refractivity contribution >= 4 is 34.8 Å². The summed E-state index contributed by atoms with van der Waals surface area (Å²) in [4.78, 5) is 40.0. The number of nitrogens with one attached hydrogen (secondary N) is 2. The average Bonchev–Trinajstić information content (AvgIpc) is 2.74. The minimum Gasteiger partial charge on any atom is -0.482 e. The molecule has 0 radical (unpaired) electrons. The summed E-state index contributed by atoms with van der Waals surface area (Å²) in [6.45, 7) is 4.29. The molecule has 29 heavy (non-hydrogen) atoms. The highest BCUT2D eigenvalue weighted by atomic mass is 16.5. The average molecular weight is 394 g/mol. The lowest BCUT2D eigenvalue weighted by Crippen LogP contribution is -2.51. The summed E-state index contributed by atoms with van der Waals surface area (Å²) in [5, 5.41) is 5.29. The SMILES string of the molecule is Cc1ccc(N2CCN(C(=O)C(=O)Nc3ccc4c(c3)OCC(=O)N4)CC2)cc1. The highest BCUT2D eigenvalue weighted by Gasteiger charge is 2.26. The molecule has 0 unspecified atom stereocenters. The van der Waals surface area contributed by atoms with Crippen molar-refractivity contribution in [2.24, 2.45) is 0 Å². The van der Waals surface area contributed by atoms with E-state index in [1.54, 1.807) is 23.1 Å². The molecule has 8 nitrogen and oxygen atoms in total. The van der Waals surface area contributed by atoms with Gasteiger partial charge in [0, 0.05) is 43.6 Å². The topological polar surface area (TPSA) is 91.0 Å². The first kappa shape index (κ1) is 18.8. The van der Waals surface area contributed by atoms with Crippen molar-refractivity contribution in [3.05, 3.63) is 48.0 Å². The van der Waals surface area contributed by atoms with Crippen LogP contribution >= 0.6 is 0 Å². The largest absolute Gasteiger partial charge is 0.482 e. The third-order valence-corrected chi connectivity index (χ3v) is 5.03. The molecule has 4 rings (SSSR count). The van der Waals surface area contributed by atoms with Gasteiger partial charge in [0.15, 0.2) is 6.61 Å². The van der Waals surface area contributed by atoms with Gasteiger partial charge < -0.3 is 25.2 Å². The number of amides is 3. The number of benzene rings is 2. The molecular weight excluding hydrogens is 372 g/mol. The Hall–Kier alpha value is -3.55. The molecule has 2 N–H and O–H groups in total. The van der Waals surface area contributed by atoms with Gasteiger partial charge in [-0.2, -0.15) is 0 Å². The van der Waals surface area contributed by atoms with Crippen LogP contribution in [0.1, 0.15) is 5.56 Å².